The van der Waals surface area contributed by atoms with E-state index in [9.17, 15) is 8.42 Å². The topological polar surface area (TPSA) is 79.0 Å². The molecule has 0 unspecified atom stereocenters. The second kappa shape index (κ2) is 7.34. The molecule has 0 aliphatic carbocycles. The third kappa shape index (κ3) is 3.37. The molecule has 8 heteroatoms. The Bertz CT molecular complexity index is 833. The van der Waals surface area contributed by atoms with Crippen molar-refractivity contribution < 1.29 is 8.42 Å². The van der Waals surface area contributed by atoms with Crippen molar-refractivity contribution in [1.82, 2.24) is 13.9 Å². The van der Waals surface area contributed by atoms with Crippen LogP contribution in [-0.4, -0.2) is 41.1 Å². The first-order chi connectivity index (χ1) is 11.0. The van der Waals surface area contributed by atoms with E-state index in [4.69, 9.17) is 5.26 Å². The monoisotopic (exact) mass is 352 g/mol. The fourth-order valence-electron chi connectivity index (χ4n) is 2.47. The number of imidazole rings is 1. The quantitative estimate of drug-likeness (QED) is 0.716. The second-order valence-corrected chi connectivity index (χ2v) is 7.71. The number of rotatable bonds is 7. The van der Waals surface area contributed by atoms with Crippen molar-refractivity contribution in [2.45, 2.75) is 37.4 Å². The minimum atomic E-state index is -3.49. The highest BCUT2D eigenvalue weighted by Crippen LogP contribution is 2.27. The second-order valence-electron chi connectivity index (χ2n) is 4.83. The standard InChI is InChI=1S/C15H20N4O2S2/c1-4-18(5-2)23(20,21)12-7-8-14-13(11-12)17-15(19(14)6-3)22-10-9-16/h7-8,11H,4-6,10H2,1-3H3. The summed E-state index contributed by atoms with van der Waals surface area (Å²) in [5.41, 5.74) is 1.52. The van der Waals surface area contributed by atoms with Gasteiger partial charge in [0.1, 0.15) is 0 Å². The SMILES string of the molecule is CCN(CC)S(=O)(=O)c1ccc2c(c1)nc(SCC#N)n2CC. The van der Waals surface area contributed by atoms with Gasteiger partial charge in [0.15, 0.2) is 5.16 Å². The molecule has 1 heterocycles. The lowest BCUT2D eigenvalue weighted by Gasteiger charge is -2.18. The summed E-state index contributed by atoms with van der Waals surface area (Å²) in [7, 11) is -3.49. The summed E-state index contributed by atoms with van der Waals surface area (Å²) in [6.45, 7) is 7.22. The Labute approximate surface area is 141 Å². The fourth-order valence-corrected chi connectivity index (χ4v) is 4.69. The molecule has 0 saturated heterocycles. The molecule has 0 amide bonds. The summed E-state index contributed by atoms with van der Waals surface area (Å²) >= 11 is 1.36. The van der Waals surface area contributed by atoms with Crippen LogP contribution >= 0.6 is 11.8 Å². The van der Waals surface area contributed by atoms with Crippen molar-refractivity contribution >= 4 is 32.8 Å². The van der Waals surface area contributed by atoms with Crippen molar-refractivity contribution in [3.05, 3.63) is 18.2 Å². The van der Waals surface area contributed by atoms with Gasteiger partial charge in [-0.05, 0) is 25.1 Å². The molecule has 0 aliphatic heterocycles. The molecule has 124 valence electrons. The molecule has 0 aliphatic rings. The van der Waals surface area contributed by atoms with Crippen LogP contribution in [0.5, 0.6) is 0 Å². The van der Waals surface area contributed by atoms with Gasteiger partial charge in [-0.15, -0.1) is 0 Å². The number of aryl methyl sites for hydroxylation is 1. The zero-order chi connectivity index (χ0) is 17.0. The van der Waals surface area contributed by atoms with E-state index in [1.165, 1.54) is 16.1 Å². The zero-order valence-corrected chi connectivity index (χ0v) is 15.1. The highest BCUT2D eigenvalue weighted by Gasteiger charge is 2.22. The molecular weight excluding hydrogens is 332 g/mol. The van der Waals surface area contributed by atoms with E-state index < -0.39 is 10.0 Å². The van der Waals surface area contributed by atoms with E-state index in [-0.39, 0.29) is 4.90 Å². The molecule has 0 radical (unpaired) electrons. The van der Waals surface area contributed by atoms with Crippen molar-refractivity contribution in [3.8, 4) is 6.07 Å². The summed E-state index contributed by atoms with van der Waals surface area (Å²) in [6.07, 6.45) is 0. The Kier molecular flexibility index (Phi) is 5.68. The predicted molar refractivity (Wildman–Crippen MR) is 91.9 cm³/mol. The van der Waals surface area contributed by atoms with Crippen LogP contribution in [0.1, 0.15) is 20.8 Å². The molecule has 2 aromatic rings. The average molecular weight is 352 g/mol. The van der Waals surface area contributed by atoms with E-state index in [2.05, 4.69) is 11.1 Å². The third-order valence-electron chi connectivity index (χ3n) is 3.61. The summed E-state index contributed by atoms with van der Waals surface area (Å²) in [6, 6.07) is 7.12. The summed E-state index contributed by atoms with van der Waals surface area (Å²) in [5, 5.41) is 9.48. The van der Waals surface area contributed by atoms with Crippen molar-refractivity contribution in [3.63, 3.8) is 0 Å². The summed E-state index contributed by atoms with van der Waals surface area (Å²) < 4.78 is 28.6. The van der Waals surface area contributed by atoms with Gasteiger partial charge in [0, 0.05) is 19.6 Å². The summed E-state index contributed by atoms with van der Waals surface area (Å²) in [4.78, 5) is 4.75. The number of nitriles is 1. The number of sulfonamides is 1. The maximum absolute atomic E-state index is 12.6. The highest BCUT2D eigenvalue weighted by atomic mass is 32.2. The molecule has 6 nitrogen and oxygen atoms in total. The number of fused-ring (bicyclic) bond motifs is 1. The van der Waals surface area contributed by atoms with Gasteiger partial charge in [0.25, 0.3) is 0 Å². The van der Waals surface area contributed by atoms with Gasteiger partial charge in [0.2, 0.25) is 10.0 Å². The number of thioether (sulfide) groups is 1. The number of hydrogen-bond donors (Lipinski definition) is 0. The van der Waals surface area contributed by atoms with Crippen LogP contribution in [0.3, 0.4) is 0 Å². The maximum atomic E-state index is 12.6. The van der Waals surface area contributed by atoms with Gasteiger partial charge in [-0.25, -0.2) is 13.4 Å². The molecule has 1 aromatic heterocycles. The van der Waals surface area contributed by atoms with Crippen LogP contribution in [0.2, 0.25) is 0 Å². The van der Waals surface area contributed by atoms with E-state index >= 15 is 0 Å². The number of benzene rings is 1. The lowest BCUT2D eigenvalue weighted by atomic mass is 10.3. The molecule has 0 atom stereocenters. The van der Waals surface area contributed by atoms with Crippen LogP contribution < -0.4 is 0 Å². The van der Waals surface area contributed by atoms with Gasteiger partial charge in [-0.2, -0.15) is 9.57 Å². The highest BCUT2D eigenvalue weighted by molar-refractivity contribution is 7.99. The lowest BCUT2D eigenvalue weighted by molar-refractivity contribution is 0.445. The minimum Gasteiger partial charge on any atom is -0.319 e. The molecule has 0 fully saturated rings. The van der Waals surface area contributed by atoms with E-state index in [1.807, 2.05) is 25.3 Å². The van der Waals surface area contributed by atoms with Crippen molar-refractivity contribution in [2.24, 2.45) is 0 Å². The number of aromatic nitrogens is 2. The van der Waals surface area contributed by atoms with Crippen LogP contribution in [0.4, 0.5) is 0 Å². The van der Waals surface area contributed by atoms with Crippen molar-refractivity contribution in [2.75, 3.05) is 18.8 Å². The Morgan fingerprint density at radius 2 is 2.00 bits per heavy atom. The zero-order valence-electron chi connectivity index (χ0n) is 13.5. The van der Waals surface area contributed by atoms with Gasteiger partial charge < -0.3 is 4.57 Å². The molecule has 0 spiro atoms. The number of nitrogens with zero attached hydrogens (tertiary/aromatic N) is 4. The predicted octanol–water partition coefficient (Wildman–Crippen LogP) is 2.70. The van der Waals surface area contributed by atoms with Gasteiger partial charge >= 0.3 is 0 Å². The fraction of sp³-hybridized carbons (Fsp3) is 0.467. The first kappa shape index (κ1) is 17.8. The first-order valence-electron chi connectivity index (χ1n) is 7.49. The molecule has 2 rings (SSSR count). The smallest absolute Gasteiger partial charge is 0.243 e. The van der Waals surface area contributed by atoms with Crippen LogP contribution in [-0.2, 0) is 16.6 Å². The maximum Gasteiger partial charge on any atom is 0.243 e. The molecule has 1 aromatic carbocycles. The van der Waals surface area contributed by atoms with Gasteiger partial charge in [-0.1, -0.05) is 25.6 Å². The van der Waals surface area contributed by atoms with Crippen LogP contribution in [0.25, 0.3) is 11.0 Å². The number of hydrogen-bond acceptors (Lipinski definition) is 5. The van der Waals surface area contributed by atoms with Crippen LogP contribution in [0.15, 0.2) is 28.3 Å². The lowest BCUT2D eigenvalue weighted by Crippen LogP contribution is -2.30. The Morgan fingerprint density at radius 3 is 2.57 bits per heavy atom. The molecule has 0 bridgehead atoms. The average Bonchev–Trinajstić information content (AvgIpc) is 2.90. The minimum absolute atomic E-state index is 0.256. The summed E-state index contributed by atoms with van der Waals surface area (Å²) in [5.74, 6) is 0.313. The third-order valence-corrected chi connectivity index (χ3v) is 6.50. The molecule has 23 heavy (non-hydrogen) atoms. The Morgan fingerprint density at radius 1 is 1.30 bits per heavy atom. The van der Waals surface area contributed by atoms with Crippen molar-refractivity contribution in [1.29, 1.82) is 5.26 Å². The molecular formula is C15H20N4O2S2. The largest absolute Gasteiger partial charge is 0.319 e. The van der Waals surface area contributed by atoms with Gasteiger partial charge in [-0.3, -0.25) is 0 Å². The van der Waals surface area contributed by atoms with E-state index in [0.29, 0.717) is 30.9 Å². The normalized spacial score (nSPS) is 12.0. The molecule has 0 saturated carbocycles. The van der Waals surface area contributed by atoms with Gasteiger partial charge in [0.05, 0.1) is 27.8 Å². The first-order valence-corrected chi connectivity index (χ1v) is 9.92. The van der Waals surface area contributed by atoms with Crippen LogP contribution in [0, 0.1) is 11.3 Å². The van der Waals surface area contributed by atoms with E-state index in [0.717, 1.165) is 10.7 Å². The molecule has 0 N–H and O–H groups in total. The Hall–Kier alpha value is -1.56. The Balaban J connectivity index is 2.53. The van der Waals surface area contributed by atoms with E-state index in [1.54, 1.807) is 18.2 Å².